The highest BCUT2D eigenvalue weighted by Crippen LogP contribution is 2.23. The zero-order valence-corrected chi connectivity index (χ0v) is 11.5. The summed E-state index contributed by atoms with van der Waals surface area (Å²) >= 11 is 1.50. The van der Waals surface area contributed by atoms with Gasteiger partial charge in [-0.3, -0.25) is 8.97 Å². The molecule has 0 spiro atoms. The van der Waals surface area contributed by atoms with Crippen molar-refractivity contribution in [1.82, 2.24) is 18.9 Å². The average molecular weight is 288 g/mol. The van der Waals surface area contributed by atoms with E-state index in [1.165, 1.54) is 11.3 Å². The van der Waals surface area contributed by atoms with Crippen LogP contribution in [0.15, 0.2) is 30.0 Å². The summed E-state index contributed by atoms with van der Waals surface area (Å²) in [6, 6.07) is 0. The molecule has 102 valence electrons. The van der Waals surface area contributed by atoms with Gasteiger partial charge in [-0.25, -0.2) is 14.8 Å². The number of rotatable bonds is 4. The minimum Gasteiger partial charge on any atom is -0.478 e. The highest BCUT2D eigenvalue weighted by Gasteiger charge is 2.15. The fraction of sp³-hybridized carbons (Fsp3) is 0.154. The van der Waals surface area contributed by atoms with E-state index in [-0.39, 0.29) is 0 Å². The molecule has 3 rings (SSSR count). The smallest absolute Gasteiger partial charge is 0.328 e. The van der Waals surface area contributed by atoms with Gasteiger partial charge in [-0.05, 0) is 6.08 Å². The summed E-state index contributed by atoms with van der Waals surface area (Å²) in [7, 11) is 0. The number of aromatic nitrogens is 4. The molecule has 0 aliphatic rings. The first kappa shape index (κ1) is 12.6. The number of nitrogens with zero attached hydrogens (tertiary/aromatic N) is 4. The van der Waals surface area contributed by atoms with Gasteiger partial charge in [0.05, 0.1) is 5.69 Å². The molecule has 7 heteroatoms. The van der Waals surface area contributed by atoms with Gasteiger partial charge in [-0.1, -0.05) is 6.92 Å². The van der Waals surface area contributed by atoms with Gasteiger partial charge in [-0.15, -0.1) is 11.3 Å². The molecule has 0 saturated carbocycles. The number of hydrogen-bond donors (Lipinski definition) is 1. The third kappa shape index (κ3) is 2.01. The van der Waals surface area contributed by atoms with Crippen LogP contribution < -0.4 is 0 Å². The number of thiazole rings is 1. The standard InChI is InChI=1S/C13H12N4O2S/c1-2-10-14-5-6-17(10)12-9(3-4-11(18)19)16-7-8-20-13(16)15-12/h3-8H,2H2,1H3,(H,18,19). The largest absolute Gasteiger partial charge is 0.478 e. The molecule has 0 bridgehead atoms. The third-order valence-corrected chi connectivity index (χ3v) is 3.68. The summed E-state index contributed by atoms with van der Waals surface area (Å²) in [5, 5.41) is 10.7. The second-order valence-corrected chi connectivity index (χ2v) is 4.99. The Hall–Kier alpha value is -2.41. The predicted octanol–water partition coefficient (Wildman–Crippen LogP) is 2.24. The molecule has 0 amide bonds. The maximum Gasteiger partial charge on any atom is 0.328 e. The van der Waals surface area contributed by atoms with Gasteiger partial charge >= 0.3 is 5.97 Å². The van der Waals surface area contributed by atoms with E-state index < -0.39 is 5.97 Å². The van der Waals surface area contributed by atoms with Crippen LogP contribution in [0.2, 0.25) is 0 Å². The van der Waals surface area contributed by atoms with Crippen LogP contribution in [0, 0.1) is 0 Å². The van der Waals surface area contributed by atoms with Crippen LogP contribution in [-0.2, 0) is 11.2 Å². The molecule has 20 heavy (non-hydrogen) atoms. The van der Waals surface area contributed by atoms with Crippen LogP contribution in [0.4, 0.5) is 0 Å². The first-order valence-electron chi connectivity index (χ1n) is 6.10. The van der Waals surface area contributed by atoms with E-state index >= 15 is 0 Å². The molecule has 0 fully saturated rings. The number of carboxylic acids is 1. The van der Waals surface area contributed by atoms with Gasteiger partial charge < -0.3 is 5.11 Å². The summed E-state index contributed by atoms with van der Waals surface area (Å²) in [5.41, 5.74) is 0.733. The summed E-state index contributed by atoms with van der Waals surface area (Å²) in [6.07, 6.45) is 8.89. The van der Waals surface area contributed by atoms with E-state index in [2.05, 4.69) is 9.97 Å². The van der Waals surface area contributed by atoms with E-state index in [0.29, 0.717) is 5.82 Å². The summed E-state index contributed by atoms with van der Waals surface area (Å²) in [6.45, 7) is 2.02. The Morgan fingerprint density at radius 1 is 1.50 bits per heavy atom. The van der Waals surface area contributed by atoms with Crippen molar-refractivity contribution in [2.24, 2.45) is 0 Å². The second-order valence-electron chi connectivity index (χ2n) is 4.11. The SMILES string of the molecule is CCc1nccn1-c1nc2sccn2c1C=CC(=O)O. The minimum absolute atomic E-state index is 0.698. The van der Waals surface area contributed by atoms with Crippen LogP contribution in [-0.4, -0.2) is 30.0 Å². The lowest BCUT2D eigenvalue weighted by atomic mass is 10.3. The van der Waals surface area contributed by atoms with Crippen LogP contribution in [0.5, 0.6) is 0 Å². The fourth-order valence-corrected chi connectivity index (χ4v) is 2.78. The maximum absolute atomic E-state index is 10.8. The molecule has 3 aromatic rings. The van der Waals surface area contributed by atoms with Crippen molar-refractivity contribution in [3.05, 3.63) is 41.6 Å². The van der Waals surface area contributed by atoms with Crippen molar-refractivity contribution < 1.29 is 9.90 Å². The van der Waals surface area contributed by atoms with Gasteiger partial charge in [-0.2, -0.15) is 0 Å². The minimum atomic E-state index is -0.984. The monoisotopic (exact) mass is 288 g/mol. The molecule has 1 N–H and O–H groups in total. The molecule has 3 aromatic heterocycles. The van der Waals surface area contributed by atoms with Crippen molar-refractivity contribution in [2.45, 2.75) is 13.3 Å². The molecular formula is C13H12N4O2S. The van der Waals surface area contributed by atoms with Gasteiger partial charge in [0.25, 0.3) is 0 Å². The molecular weight excluding hydrogens is 276 g/mol. The number of hydrogen-bond acceptors (Lipinski definition) is 4. The number of imidazole rings is 2. The number of carbonyl (C=O) groups is 1. The molecule has 0 aliphatic carbocycles. The van der Waals surface area contributed by atoms with Crippen LogP contribution in [0.1, 0.15) is 18.4 Å². The summed E-state index contributed by atoms with van der Waals surface area (Å²) < 4.78 is 3.76. The number of aliphatic carboxylic acids is 1. The summed E-state index contributed by atoms with van der Waals surface area (Å²) in [5.74, 6) is 0.604. The van der Waals surface area contributed by atoms with Crippen molar-refractivity contribution >= 4 is 28.3 Å². The lowest BCUT2D eigenvalue weighted by Crippen LogP contribution is -2.02. The number of carboxylic acid groups (broad SMARTS) is 1. The van der Waals surface area contributed by atoms with Crippen molar-refractivity contribution in [3.63, 3.8) is 0 Å². The van der Waals surface area contributed by atoms with E-state index in [9.17, 15) is 4.79 Å². The molecule has 0 unspecified atom stereocenters. The van der Waals surface area contributed by atoms with Crippen molar-refractivity contribution in [3.8, 4) is 5.82 Å². The van der Waals surface area contributed by atoms with Crippen molar-refractivity contribution in [2.75, 3.05) is 0 Å². The van der Waals surface area contributed by atoms with Gasteiger partial charge in [0.15, 0.2) is 10.8 Å². The average Bonchev–Trinajstić information content (AvgIpc) is 3.10. The Balaban J connectivity index is 2.22. The maximum atomic E-state index is 10.8. The molecule has 0 aliphatic heterocycles. The molecule has 0 aromatic carbocycles. The molecule has 3 heterocycles. The van der Waals surface area contributed by atoms with Crippen LogP contribution >= 0.6 is 11.3 Å². The molecule has 0 saturated heterocycles. The fourth-order valence-electron chi connectivity index (χ4n) is 2.06. The Morgan fingerprint density at radius 3 is 3.10 bits per heavy atom. The van der Waals surface area contributed by atoms with E-state index in [1.54, 1.807) is 12.3 Å². The van der Waals surface area contributed by atoms with Gasteiger partial charge in [0.1, 0.15) is 5.82 Å². The third-order valence-electron chi connectivity index (χ3n) is 2.93. The topological polar surface area (TPSA) is 72.4 Å². The van der Waals surface area contributed by atoms with Gasteiger partial charge in [0, 0.05) is 36.5 Å². The highest BCUT2D eigenvalue weighted by atomic mass is 32.1. The highest BCUT2D eigenvalue weighted by molar-refractivity contribution is 7.15. The van der Waals surface area contributed by atoms with E-state index in [4.69, 9.17) is 5.11 Å². The van der Waals surface area contributed by atoms with Crippen molar-refractivity contribution in [1.29, 1.82) is 0 Å². The van der Waals surface area contributed by atoms with E-state index in [0.717, 1.165) is 29.0 Å². The zero-order valence-electron chi connectivity index (χ0n) is 10.7. The predicted molar refractivity (Wildman–Crippen MR) is 76.2 cm³/mol. The molecule has 0 atom stereocenters. The summed E-state index contributed by atoms with van der Waals surface area (Å²) in [4.78, 5) is 20.4. The normalized spacial score (nSPS) is 11.7. The number of aryl methyl sites for hydroxylation is 1. The van der Waals surface area contributed by atoms with E-state index in [1.807, 2.05) is 33.7 Å². The number of fused-ring (bicyclic) bond motifs is 1. The first-order valence-corrected chi connectivity index (χ1v) is 6.98. The van der Waals surface area contributed by atoms with Gasteiger partial charge in [0.2, 0.25) is 0 Å². The Morgan fingerprint density at radius 2 is 2.35 bits per heavy atom. The second kappa shape index (κ2) is 4.93. The quantitative estimate of drug-likeness (QED) is 0.747. The Labute approximate surface area is 118 Å². The van der Waals surface area contributed by atoms with Crippen LogP contribution in [0.25, 0.3) is 16.9 Å². The molecule has 0 radical (unpaired) electrons. The lowest BCUT2D eigenvalue weighted by Gasteiger charge is -2.04. The first-order chi connectivity index (χ1) is 9.70. The Bertz CT molecular complexity index is 796. The zero-order chi connectivity index (χ0) is 14.1. The Kier molecular flexibility index (Phi) is 3.11. The lowest BCUT2D eigenvalue weighted by molar-refractivity contribution is -0.131. The molecule has 6 nitrogen and oxygen atoms in total. The van der Waals surface area contributed by atoms with Crippen LogP contribution in [0.3, 0.4) is 0 Å².